The second-order valence-corrected chi connectivity index (χ2v) is 3.91. The Morgan fingerprint density at radius 1 is 1.69 bits per heavy atom. The first-order valence-corrected chi connectivity index (χ1v) is 5.45. The number of rotatable bonds is 3. The van der Waals surface area contributed by atoms with E-state index >= 15 is 0 Å². The minimum absolute atomic E-state index is 0.104. The molecule has 0 aliphatic heterocycles. The largest absolute Gasteiger partial charge is 0.464 e. The average Bonchev–Trinajstić information content (AvgIpc) is 2.27. The lowest BCUT2D eigenvalue weighted by atomic mass is 10.2. The van der Waals surface area contributed by atoms with Gasteiger partial charge < -0.3 is 4.74 Å². The van der Waals surface area contributed by atoms with Crippen LogP contribution < -0.4 is 0 Å². The van der Waals surface area contributed by atoms with E-state index < -0.39 is 18.1 Å². The van der Waals surface area contributed by atoms with Crippen LogP contribution in [0.2, 0.25) is 0 Å². The van der Waals surface area contributed by atoms with Gasteiger partial charge >= 0.3 is 5.97 Å². The number of hydrogen-bond acceptors (Lipinski definition) is 3. The number of esters is 1. The summed E-state index contributed by atoms with van der Waals surface area (Å²) in [6.07, 6.45) is -2.79. The lowest BCUT2D eigenvalue weighted by Gasteiger charge is -2.09. The van der Waals surface area contributed by atoms with Gasteiger partial charge in [0.05, 0.1) is 11.6 Å². The minimum Gasteiger partial charge on any atom is -0.464 e. The summed E-state index contributed by atoms with van der Waals surface area (Å²) in [5.74, 6) is -0.887. The number of ether oxygens (including phenoxy) is 1. The SMILES string of the molecule is COC(=O)c1nc(C(F)F)c(CCl)cc1Br. The summed E-state index contributed by atoms with van der Waals surface area (Å²) in [6, 6.07) is 1.34. The zero-order chi connectivity index (χ0) is 12.3. The van der Waals surface area contributed by atoms with Gasteiger partial charge in [0.2, 0.25) is 0 Å². The predicted molar refractivity (Wildman–Crippen MR) is 57.8 cm³/mol. The summed E-state index contributed by atoms with van der Waals surface area (Å²) >= 11 is 8.55. The van der Waals surface area contributed by atoms with E-state index in [4.69, 9.17) is 11.6 Å². The molecule has 0 bridgehead atoms. The lowest BCUT2D eigenvalue weighted by Crippen LogP contribution is -2.09. The molecular formula is C9H7BrClF2NO2. The van der Waals surface area contributed by atoms with Crippen LogP contribution in [0.15, 0.2) is 10.5 Å². The number of aromatic nitrogens is 1. The van der Waals surface area contributed by atoms with Crippen molar-refractivity contribution < 1.29 is 18.3 Å². The van der Waals surface area contributed by atoms with Gasteiger partial charge in [0.15, 0.2) is 5.69 Å². The first-order valence-electron chi connectivity index (χ1n) is 4.13. The van der Waals surface area contributed by atoms with Crippen LogP contribution in [-0.4, -0.2) is 18.1 Å². The molecule has 1 rings (SSSR count). The molecular weight excluding hydrogens is 307 g/mol. The van der Waals surface area contributed by atoms with Crippen LogP contribution in [0.4, 0.5) is 8.78 Å². The maximum atomic E-state index is 12.6. The van der Waals surface area contributed by atoms with Crippen molar-refractivity contribution in [2.75, 3.05) is 7.11 Å². The van der Waals surface area contributed by atoms with E-state index in [-0.39, 0.29) is 21.6 Å². The van der Waals surface area contributed by atoms with Crippen LogP contribution in [0.5, 0.6) is 0 Å². The minimum atomic E-state index is -2.79. The first-order chi connectivity index (χ1) is 7.51. The molecule has 7 heteroatoms. The average molecular weight is 315 g/mol. The Balaban J connectivity index is 3.33. The number of carbonyl (C=O) groups is 1. The topological polar surface area (TPSA) is 39.2 Å². The summed E-state index contributed by atoms with van der Waals surface area (Å²) in [5, 5.41) is 0. The summed E-state index contributed by atoms with van der Waals surface area (Å²) in [6.45, 7) is 0. The number of carbonyl (C=O) groups excluding carboxylic acids is 1. The van der Waals surface area contributed by atoms with Gasteiger partial charge in [-0.15, -0.1) is 11.6 Å². The van der Waals surface area contributed by atoms with Crippen molar-refractivity contribution in [3.05, 3.63) is 27.5 Å². The summed E-state index contributed by atoms with van der Waals surface area (Å²) in [7, 11) is 1.15. The molecule has 0 aliphatic rings. The quantitative estimate of drug-likeness (QED) is 0.635. The molecule has 0 spiro atoms. The van der Waals surface area contributed by atoms with Gasteiger partial charge in [-0.3, -0.25) is 0 Å². The molecule has 1 aromatic heterocycles. The van der Waals surface area contributed by atoms with Gasteiger partial charge in [-0.1, -0.05) is 0 Å². The number of alkyl halides is 3. The highest BCUT2D eigenvalue weighted by molar-refractivity contribution is 9.10. The van der Waals surface area contributed by atoms with Crippen LogP contribution in [0.25, 0.3) is 0 Å². The van der Waals surface area contributed by atoms with Crippen molar-refractivity contribution in [1.29, 1.82) is 0 Å². The molecule has 0 atom stereocenters. The molecule has 16 heavy (non-hydrogen) atoms. The number of nitrogens with zero attached hydrogens (tertiary/aromatic N) is 1. The molecule has 88 valence electrons. The Kier molecular flexibility index (Phi) is 4.61. The second kappa shape index (κ2) is 5.54. The molecule has 1 aromatic rings. The van der Waals surface area contributed by atoms with Gasteiger partial charge in [0.1, 0.15) is 5.69 Å². The first kappa shape index (κ1) is 13.3. The predicted octanol–water partition coefficient (Wildman–Crippen LogP) is 3.31. The van der Waals surface area contributed by atoms with Crippen LogP contribution in [-0.2, 0) is 10.6 Å². The van der Waals surface area contributed by atoms with Gasteiger partial charge in [0.25, 0.3) is 6.43 Å². The second-order valence-electron chi connectivity index (χ2n) is 2.79. The van der Waals surface area contributed by atoms with Crippen molar-refractivity contribution in [3.63, 3.8) is 0 Å². The van der Waals surface area contributed by atoms with E-state index in [1.54, 1.807) is 0 Å². The monoisotopic (exact) mass is 313 g/mol. The van der Waals surface area contributed by atoms with Gasteiger partial charge in [-0.2, -0.15) is 0 Å². The zero-order valence-electron chi connectivity index (χ0n) is 8.14. The maximum Gasteiger partial charge on any atom is 0.357 e. The Bertz CT molecular complexity index is 415. The molecule has 3 nitrogen and oxygen atoms in total. The van der Waals surface area contributed by atoms with Crippen molar-refractivity contribution in [2.24, 2.45) is 0 Å². The highest BCUT2D eigenvalue weighted by Gasteiger charge is 2.21. The Morgan fingerprint density at radius 3 is 2.75 bits per heavy atom. The number of methoxy groups -OCH3 is 1. The highest BCUT2D eigenvalue weighted by atomic mass is 79.9. The molecule has 1 heterocycles. The Labute approximate surface area is 104 Å². The van der Waals surface area contributed by atoms with E-state index in [0.717, 1.165) is 7.11 Å². The van der Waals surface area contributed by atoms with Gasteiger partial charge in [-0.25, -0.2) is 18.6 Å². The third-order valence-electron chi connectivity index (χ3n) is 1.82. The maximum absolute atomic E-state index is 12.6. The molecule has 0 aromatic carbocycles. The summed E-state index contributed by atoms with van der Waals surface area (Å²) in [4.78, 5) is 14.8. The lowest BCUT2D eigenvalue weighted by molar-refractivity contribution is 0.0591. The van der Waals surface area contributed by atoms with Crippen LogP contribution >= 0.6 is 27.5 Å². The Morgan fingerprint density at radius 2 is 2.31 bits per heavy atom. The van der Waals surface area contributed by atoms with E-state index in [1.807, 2.05) is 0 Å². The van der Waals surface area contributed by atoms with E-state index in [0.29, 0.717) is 0 Å². The molecule has 0 radical (unpaired) electrons. The molecule has 0 saturated carbocycles. The molecule has 0 amide bonds. The van der Waals surface area contributed by atoms with Crippen LogP contribution in [0, 0.1) is 0 Å². The van der Waals surface area contributed by atoms with Crippen LogP contribution in [0.1, 0.15) is 28.2 Å². The molecule has 0 N–H and O–H groups in total. The molecule has 0 aliphatic carbocycles. The Hall–Kier alpha value is -0.750. The fourth-order valence-electron chi connectivity index (χ4n) is 1.08. The van der Waals surface area contributed by atoms with E-state index in [1.165, 1.54) is 6.07 Å². The summed E-state index contributed by atoms with van der Waals surface area (Å²) in [5.41, 5.74) is -0.513. The van der Waals surface area contributed by atoms with Gasteiger partial charge in [0, 0.05) is 5.88 Å². The zero-order valence-corrected chi connectivity index (χ0v) is 10.5. The summed E-state index contributed by atoms with van der Waals surface area (Å²) < 4.78 is 29.9. The fourth-order valence-corrected chi connectivity index (χ4v) is 1.82. The number of halogens is 4. The molecule has 0 unspecified atom stereocenters. The van der Waals surface area contributed by atoms with Gasteiger partial charge in [-0.05, 0) is 27.6 Å². The van der Waals surface area contributed by atoms with Crippen molar-refractivity contribution >= 4 is 33.5 Å². The third kappa shape index (κ3) is 2.68. The smallest absolute Gasteiger partial charge is 0.357 e. The van der Waals surface area contributed by atoms with Crippen LogP contribution in [0.3, 0.4) is 0 Å². The van der Waals surface area contributed by atoms with Crippen molar-refractivity contribution in [2.45, 2.75) is 12.3 Å². The van der Waals surface area contributed by atoms with E-state index in [2.05, 4.69) is 25.7 Å². The number of pyridine rings is 1. The highest BCUT2D eigenvalue weighted by Crippen LogP contribution is 2.27. The standard InChI is InChI=1S/C9H7BrClF2NO2/c1-16-9(15)7-5(10)2-4(3-11)6(14-7)8(12)13/h2,8H,3H2,1H3. The molecule has 0 fully saturated rings. The fraction of sp³-hybridized carbons (Fsp3) is 0.333. The molecule has 0 saturated heterocycles. The third-order valence-corrected chi connectivity index (χ3v) is 2.71. The van der Waals surface area contributed by atoms with Crippen molar-refractivity contribution in [3.8, 4) is 0 Å². The number of hydrogen-bond donors (Lipinski definition) is 0. The van der Waals surface area contributed by atoms with Crippen molar-refractivity contribution in [1.82, 2.24) is 4.98 Å². The normalized spacial score (nSPS) is 10.6. The van der Waals surface area contributed by atoms with E-state index in [9.17, 15) is 13.6 Å².